The van der Waals surface area contributed by atoms with Crippen LogP contribution in [0.15, 0.2) is 40.9 Å². The van der Waals surface area contributed by atoms with Gasteiger partial charge in [-0.05, 0) is 48.4 Å². The number of hydrogen-bond acceptors (Lipinski definition) is 3. The molecule has 0 heterocycles. The van der Waals surface area contributed by atoms with Crippen molar-refractivity contribution in [3.05, 3.63) is 69.2 Å². The molecular weight excluding hydrogens is 392 g/mol. The Hall–Kier alpha value is -1.48. The summed E-state index contributed by atoms with van der Waals surface area (Å²) in [6, 6.07) is 7.47. The molecule has 0 aliphatic carbocycles. The first kappa shape index (κ1) is 17.9. The van der Waals surface area contributed by atoms with E-state index in [1.165, 1.54) is 18.2 Å². The van der Waals surface area contributed by atoms with Crippen LogP contribution in [-0.4, -0.2) is 21.1 Å². The fourth-order valence-corrected chi connectivity index (χ4v) is 2.82. The Bertz CT molecular complexity index is 753. The van der Waals surface area contributed by atoms with Gasteiger partial charge in [0.1, 0.15) is 11.6 Å². The lowest BCUT2D eigenvalue weighted by molar-refractivity contribution is 0.103. The Labute approximate surface area is 142 Å². The van der Waals surface area contributed by atoms with Gasteiger partial charge < -0.3 is 4.55 Å². The topological polar surface area (TPSA) is 69.2 Å². The van der Waals surface area contributed by atoms with Gasteiger partial charge in [-0.15, -0.1) is 0 Å². The summed E-state index contributed by atoms with van der Waals surface area (Å²) in [5.41, 5.74) is 0.617. The molecule has 0 aliphatic rings. The van der Waals surface area contributed by atoms with Gasteiger partial charge in [0.25, 0.3) is 0 Å². The zero-order valence-corrected chi connectivity index (χ0v) is 14.0. The number of carbonyl (C=O) groups is 1. The van der Waals surface area contributed by atoms with Crippen LogP contribution >= 0.6 is 15.9 Å². The molecule has 2 aromatic rings. The van der Waals surface area contributed by atoms with Crippen LogP contribution in [0.1, 0.15) is 21.5 Å². The molecule has 0 spiro atoms. The molecule has 0 aliphatic heterocycles. The van der Waals surface area contributed by atoms with Gasteiger partial charge in [-0.2, -0.15) is 0 Å². The van der Waals surface area contributed by atoms with Gasteiger partial charge >= 0.3 is 0 Å². The number of carbonyl (C=O) groups excluding carboxylic acids is 1. The maximum absolute atomic E-state index is 14.1. The van der Waals surface area contributed by atoms with Crippen LogP contribution in [0, 0.1) is 11.6 Å². The minimum Gasteiger partial charge on any atom is -0.760 e. The molecule has 1 unspecified atom stereocenters. The third-order valence-corrected chi connectivity index (χ3v) is 4.20. The van der Waals surface area contributed by atoms with E-state index in [1.807, 2.05) is 0 Å². The van der Waals surface area contributed by atoms with E-state index in [0.29, 0.717) is 4.47 Å². The van der Waals surface area contributed by atoms with Crippen molar-refractivity contribution in [2.45, 2.75) is 6.42 Å². The van der Waals surface area contributed by atoms with Crippen molar-refractivity contribution in [2.24, 2.45) is 0 Å². The van der Waals surface area contributed by atoms with Crippen LogP contribution in [-0.2, 0) is 17.7 Å². The van der Waals surface area contributed by atoms with Gasteiger partial charge in [-0.25, -0.2) is 13.5 Å². The van der Waals surface area contributed by atoms with E-state index < -0.39 is 28.7 Å². The van der Waals surface area contributed by atoms with E-state index in [1.54, 1.807) is 0 Å². The van der Waals surface area contributed by atoms with Crippen LogP contribution in [0.2, 0.25) is 0 Å². The van der Waals surface area contributed by atoms with E-state index in [4.69, 9.17) is 0 Å². The molecule has 1 N–H and O–H groups in total. The Kier molecular flexibility index (Phi) is 6.11. The van der Waals surface area contributed by atoms with Crippen LogP contribution < -0.4 is 4.72 Å². The summed E-state index contributed by atoms with van der Waals surface area (Å²) in [7, 11) is 0. The van der Waals surface area contributed by atoms with E-state index in [-0.39, 0.29) is 29.7 Å². The van der Waals surface area contributed by atoms with Gasteiger partial charge in [-0.1, -0.05) is 15.9 Å². The van der Waals surface area contributed by atoms with Crippen LogP contribution in [0.3, 0.4) is 0 Å². The monoisotopic (exact) mass is 402 g/mol. The molecule has 0 bridgehead atoms. The van der Waals surface area contributed by atoms with Crippen LogP contribution in [0.4, 0.5) is 8.78 Å². The molecule has 122 valence electrons. The predicted molar refractivity (Wildman–Crippen MR) is 84.6 cm³/mol. The number of benzene rings is 2. The lowest BCUT2D eigenvalue weighted by Gasteiger charge is -2.10. The molecule has 0 fully saturated rings. The van der Waals surface area contributed by atoms with Crippen molar-refractivity contribution in [1.29, 1.82) is 0 Å². The Morgan fingerprint density at radius 1 is 1.22 bits per heavy atom. The quantitative estimate of drug-likeness (QED) is 0.596. The van der Waals surface area contributed by atoms with Crippen molar-refractivity contribution in [3.63, 3.8) is 0 Å². The molecule has 23 heavy (non-hydrogen) atoms. The third kappa shape index (κ3) is 4.74. The lowest BCUT2D eigenvalue weighted by atomic mass is 10.0. The molecule has 2 rings (SSSR count). The second kappa shape index (κ2) is 7.87. The summed E-state index contributed by atoms with van der Waals surface area (Å²) in [6.45, 7) is 0.0464. The summed E-state index contributed by atoms with van der Waals surface area (Å²) >= 11 is 0.802. The molecule has 0 amide bonds. The summed E-state index contributed by atoms with van der Waals surface area (Å²) in [5.74, 6) is -1.52. The largest absolute Gasteiger partial charge is 0.760 e. The highest BCUT2D eigenvalue weighted by Crippen LogP contribution is 2.24. The Morgan fingerprint density at radius 2 is 1.87 bits per heavy atom. The zero-order chi connectivity index (χ0) is 17.0. The van der Waals surface area contributed by atoms with Crippen molar-refractivity contribution in [1.82, 2.24) is 4.72 Å². The van der Waals surface area contributed by atoms with E-state index in [9.17, 15) is 22.3 Å². The van der Waals surface area contributed by atoms with Gasteiger partial charge in [0.05, 0.1) is 0 Å². The Morgan fingerprint density at radius 3 is 2.48 bits per heavy atom. The second-order valence-corrected chi connectivity index (χ2v) is 6.25. The van der Waals surface area contributed by atoms with Gasteiger partial charge in [0.2, 0.25) is 0 Å². The number of ketones is 1. The van der Waals surface area contributed by atoms with Crippen molar-refractivity contribution in [2.75, 3.05) is 6.54 Å². The van der Waals surface area contributed by atoms with Crippen LogP contribution in [0.5, 0.6) is 0 Å². The van der Waals surface area contributed by atoms with E-state index in [0.717, 1.165) is 18.2 Å². The average molecular weight is 403 g/mol. The highest BCUT2D eigenvalue weighted by molar-refractivity contribution is 9.10. The van der Waals surface area contributed by atoms with E-state index in [2.05, 4.69) is 20.7 Å². The minimum absolute atomic E-state index is 0.0464. The first-order valence-electron chi connectivity index (χ1n) is 6.49. The summed E-state index contributed by atoms with van der Waals surface area (Å²) in [5, 5.41) is 0. The van der Waals surface area contributed by atoms with Crippen molar-refractivity contribution < 1.29 is 22.3 Å². The molecule has 0 aromatic heterocycles. The molecule has 0 saturated carbocycles. The summed E-state index contributed by atoms with van der Waals surface area (Å²) in [6.07, 6.45) is 0.142. The van der Waals surface area contributed by atoms with Crippen LogP contribution in [0.25, 0.3) is 0 Å². The predicted octanol–water partition coefficient (Wildman–Crippen LogP) is 2.88. The molecule has 1 atom stereocenters. The number of halogens is 3. The highest BCUT2D eigenvalue weighted by Gasteiger charge is 2.16. The molecule has 0 saturated heterocycles. The highest BCUT2D eigenvalue weighted by atomic mass is 79.9. The Balaban J connectivity index is 2.23. The smallest absolute Gasteiger partial charge is 0.194 e. The molecule has 4 nitrogen and oxygen atoms in total. The maximum atomic E-state index is 14.1. The molecule has 2 aromatic carbocycles. The normalized spacial score (nSPS) is 12.2. The first-order chi connectivity index (χ1) is 10.9. The van der Waals surface area contributed by atoms with Crippen molar-refractivity contribution in [3.8, 4) is 0 Å². The van der Waals surface area contributed by atoms with Gasteiger partial charge in [0.15, 0.2) is 5.78 Å². The fourth-order valence-electron chi connectivity index (χ4n) is 1.98. The number of hydrogen-bond donors (Lipinski definition) is 1. The summed E-state index contributed by atoms with van der Waals surface area (Å²) in [4.78, 5) is 12.3. The zero-order valence-electron chi connectivity index (χ0n) is 11.6. The van der Waals surface area contributed by atoms with Gasteiger partial charge in [0, 0.05) is 33.4 Å². The molecule has 0 radical (unpaired) electrons. The summed E-state index contributed by atoms with van der Waals surface area (Å²) < 4.78 is 50.3. The first-order valence-corrected chi connectivity index (χ1v) is 8.36. The minimum atomic E-state index is -2.41. The molecular formula is C15H11BrF2NO3S-. The average Bonchev–Trinajstić information content (AvgIpc) is 2.50. The fraction of sp³-hybridized carbons (Fsp3) is 0.133. The van der Waals surface area contributed by atoms with E-state index >= 15 is 0 Å². The van der Waals surface area contributed by atoms with Crippen molar-refractivity contribution >= 4 is 33.0 Å². The second-order valence-electron chi connectivity index (χ2n) is 4.64. The number of rotatable bonds is 6. The standard InChI is InChI=1S/C15H12BrF2NO3S/c16-13-7-10(5-6-19-23(21)22)14(18)8-12(13)15(20)9-1-3-11(17)4-2-9/h1-4,7-8,19H,5-6H2,(H,21,22)/p-1. The number of nitrogens with one attached hydrogen (secondary N) is 1. The molecule has 8 heteroatoms. The lowest BCUT2D eigenvalue weighted by Crippen LogP contribution is -2.19. The SMILES string of the molecule is O=C(c1ccc(F)cc1)c1cc(F)c(CCNS(=O)[O-])cc1Br. The van der Waals surface area contributed by atoms with Gasteiger partial charge in [-0.3, -0.25) is 9.00 Å². The maximum Gasteiger partial charge on any atom is 0.194 e. The third-order valence-electron chi connectivity index (χ3n) is 3.10.